The van der Waals surface area contributed by atoms with Gasteiger partial charge in [0.1, 0.15) is 6.10 Å². The molecule has 1 saturated heterocycles. The summed E-state index contributed by atoms with van der Waals surface area (Å²) in [6.07, 6.45) is 5.76. The van der Waals surface area contributed by atoms with Crippen molar-refractivity contribution < 1.29 is 9.53 Å². The second kappa shape index (κ2) is 5.45. The smallest absolute Gasteiger partial charge is 0.407 e. The maximum atomic E-state index is 11.3. The number of nitrogens with one attached hydrogen (secondary N) is 1. The molecule has 102 valence electrons. The lowest BCUT2D eigenvalue weighted by Crippen LogP contribution is -2.43. The summed E-state index contributed by atoms with van der Waals surface area (Å²) in [4.78, 5) is 12.6. The van der Waals surface area contributed by atoms with Gasteiger partial charge in [0.05, 0.1) is 11.3 Å². The van der Waals surface area contributed by atoms with Gasteiger partial charge in [0.15, 0.2) is 0 Å². The van der Waals surface area contributed by atoms with Crippen molar-refractivity contribution in [1.82, 2.24) is 5.32 Å². The van der Waals surface area contributed by atoms with Crippen LogP contribution < -0.4 is 5.32 Å². The summed E-state index contributed by atoms with van der Waals surface area (Å²) in [6, 6.07) is 10.5. The van der Waals surface area contributed by atoms with Crippen molar-refractivity contribution in [2.45, 2.75) is 47.9 Å². The Morgan fingerprint density at radius 2 is 1.89 bits per heavy atom. The van der Waals surface area contributed by atoms with Crippen LogP contribution in [0.3, 0.4) is 0 Å². The molecule has 1 atom stereocenters. The zero-order chi connectivity index (χ0) is 13.1. The summed E-state index contributed by atoms with van der Waals surface area (Å²) in [7, 11) is 0. The molecule has 0 bridgehead atoms. The Morgan fingerprint density at radius 3 is 2.53 bits per heavy atom. The van der Waals surface area contributed by atoms with E-state index in [-0.39, 0.29) is 16.9 Å². The molecule has 2 fully saturated rings. The highest BCUT2D eigenvalue weighted by Gasteiger charge is 2.45. The van der Waals surface area contributed by atoms with Crippen LogP contribution in [0.5, 0.6) is 0 Å². The predicted octanol–water partition coefficient (Wildman–Crippen LogP) is 3.59. The second-order valence-corrected chi connectivity index (χ2v) is 6.80. The van der Waals surface area contributed by atoms with Gasteiger partial charge < -0.3 is 10.1 Å². The number of alkyl carbamates (subject to hydrolysis) is 1. The van der Waals surface area contributed by atoms with Crippen molar-refractivity contribution in [2.24, 2.45) is 0 Å². The molecule has 0 radical (unpaired) electrons. The minimum atomic E-state index is -0.261. The molecule has 1 aliphatic carbocycles. The largest absolute Gasteiger partial charge is 0.443 e. The monoisotopic (exact) mass is 277 g/mol. The first-order valence-corrected chi connectivity index (χ1v) is 7.79. The molecule has 4 heteroatoms. The number of rotatable bonds is 3. The lowest BCUT2D eigenvalue weighted by atomic mass is 9.84. The Hall–Kier alpha value is -1.16. The Labute approximate surface area is 118 Å². The van der Waals surface area contributed by atoms with Gasteiger partial charge in [-0.1, -0.05) is 37.5 Å². The molecule has 1 amide bonds. The number of cyclic esters (lactones) is 1. The van der Waals surface area contributed by atoms with Crippen LogP contribution in [-0.4, -0.2) is 23.5 Å². The lowest BCUT2D eigenvalue weighted by molar-refractivity contribution is 0.104. The average Bonchev–Trinajstić information content (AvgIpc) is 2.88. The fourth-order valence-corrected chi connectivity index (χ4v) is 4.56. The van der Waals surface area contributed by atoms with E-state index in [1.807, 2.05) is 17.8 Å². The number of carbonyl (C=O) groups is 1. The van der Waals surface area contributed by atoms with Crippen molar-refractivity contribution in [3.05, 3.63) is 30.3 Å². The minimum Gasteiger partial charge on any atom is -0.443 e. The van der Waals surface area contributed by atoms with Gasteiger partial charge >= 0.3 is 6.09 Å². The van der Waals surface area contributed by atoms with Crippen LogP contribution in [0.4, 0.5) is 4.79 Å². The van der Waals surface area contributed by atoms with E-state index in [0.717, 1.165) is 12.8 Å². The Morgan fingerprint density at radius 1 is 1.16 bits per heavy atom. The van der Waals surface area contributed by atoms with E-state index in [9.17, 15) is 4.79 Å². The van der Waals surface area contributed by atoms with Gasteiger partial charge in [-0.05, 0) is 25.0 Å². The van der Waals surface area contributed by atoms with E-state index in [4.69, 9.17) is 4.74 Å². The second-order valence-electron chi connectivity index (χ2n) is 5.32. The number of amides is 1. The van der Waals surface area contributed by atoms with Crippen LogP contribution in [0.2, 0.25) is 0 Å². The molecular weight excluding hydrogens is 258 g/mol. The summed E-state index contributed by atoms with van der Waals surface area (Å²) in [5.41, 5.74) is 0. The molecule has 0 aromatic heterocycles. The maximum Gasteiger partial charge on any atom is 0.407 e. The van der Waals surface area contributed by atoms with Gasteiger partial charge in [-0.3, -0.25) is 0 Å². The molecule has 1 unspecified atom stereocenters. The van der Waals surface area contributed by atoms with Gasteiger partial charge in [0.25, 0.3) is 0 Å². The number of hydrogen-bond donors (Lipinski definition) is 1. The average molecular weight is 277 g/mol. The van der Waals surface area contributed by atoms with Crippen LogP contribution in [0.25, 0.3) is 0 Å². The Bertz CT molecular complexity index is 443. The molecular formula is C15H19NO2S. The summed E-state index contributed by atoms with van der Waals surface area (Å²) >= 11 is 1.89. The first kappa shape index (κ1) is 12.9. The summed E-state index contributed by atoms with van der Waals surface area (Å²) in [5.74, 6) is 0. The van der Waals surface area contributed by atoms with Crippen molar-refractivity contribution in [3.63, 3.8) is 0 Å². The van der Waals surface area contributed by atoms with E-state index in [1.165, 1.54) is 24.2 Å². The third-order valence-corrected chi connectivity index (χ3v) is 5.62. The van der Waals surface area contributed by atoms with Gasteiger partial charge in [-0.15, -0.1) is 11.8 Å². The Balaban J connectivity index is 1.82. The molecule has 1 aromatic rings. The lowest BCUT2D eigenvalue weighted by Gasteiger charge is -2.39. The molecule has 3 rings (SSSR count). The summed E-state index contributed by atoms with van der Waals surface area (Å²) in [5, 5.41) is 2.80. The molecule has 1 aliphatic heterocycles. The molecule has 3 nitrogen and oxygen atoms in total. The van der Waals surface area contributed by atoms with E-state index in [1.54, 1.807) is 0 Å². The first-order valence-electron chi connectivity index (χ1n) is 6.97. The third kappa shape index (κ3) is 2.73. The van der Waals surface area contributed by atoms with Gasteiger partial charge in [-0.2, -0.15) is 0 Å². The number of thioether (sulfide) groups is 1. The normalized spacial score (nSPS) is 25.7. The SMILES string of the molecule is O=C1NCC(C2(Sc3ccccc3)CCCCC2)O1. The van der Waals surface area contributed by atoms with Crippen molar-refractivity contribution in [1.29, 1.82) is 0 Å². The number of hydrogen-bond acceptors (Lipinski definition) is 3. The van der Waals surface area contributed by atoms with Crippen LogP contribution in [-0.2, 0) is 4.74 Å². The van der Waals surface area contributed by atoms with E-state index < -0.39 is 0 Å². The zero-order valence-electron chi connectivity index (χ0n) is 10.9. The zero-order valence-corrected chi connectivity index (χ0v) is 11.7. The molecule has 2 aliphatic rings. The molecule has 1 N–H and O–H groups in total. The molecule has 19 heavy (non-hydrogen) atoms. The van der Waals surface area contributed by atoms with Gasteiger partial charge in [0.2, 0.25) is 0 Å². The summed E-state index contributed by atoms with van der Waals surface area (Å²) < 4.78 is 5.56. The molecule has 1 aromatic carbocycles. The summed E-state index contributed by atoms with van der Waals surface area (Å²) in [6.45, 7) is 0.651. The highest BCUT2D eigenvalue weighted by atomic mass is 32.2. The van der Waals surface area contributed by atoms with Crippen LogP contribution >= 0.6 is 11.8 Å². The first-order chi connectivity index (χ1) is 9.28. The van der Waals surface area contributed by atoms with Crippen molar-refractivity contribution in [3.8, 4) is 0 Å². The topological polar surface area (TPSA) is 38.3 Å². The maximum absolute atomic E-state index is 11.3. The fourth-order valence-electron chi connectivity index (χ4n) is 3.05. The van der Waals surface area contributed by atoms with Crippen molar-refractivity contribution >= 4 is 17.9 Å². The van der Waals surface area contributed by atoms with Gasteiger partial charge in [-0.25, -0.2) is 4.79 Å². The third-order valence-electron chi connectivity index (χ3n) is 4.03. The van der Waals surface area contributed by atoms with Crippen LogP contribution in [0.1, 0.15) is 32.1 Å². The quantitative estimate of drug-likeness (QED) is 0.917. The van der Waals surface area contributed by atoms with E-state index in [2.05, 4.69) is 29.6 Å². The highest BCUT2D eigenvalue weighted by molar-refractivity contribution is 8.00. The highest BCUT2D eigenvalue weighted by Crippen LogP contribution is 2.47. The van der Waals surface area contributed by atoms with Crippen LogP contribution in [0.15, 0.2) is 35.2 Å². The Kier molecular flexibility index (Phi) is 3.69. The standard InChI is InChI=1S/C15H19NO2S/c17-14-16-11-13(18-14)15(9-5-2-6-10-15)19-12-7-3-1-4-8-12/h1,3-4,7-8,13H,2,5-6,9-11H2,(H,16,17). The minimum absolute atomic E-state index is 0.00510. The van der Waals surface area contributed by atoms with Gasteiger partial charge in [0, 0.05) is 4.90 Å². The molecule has 1 saturated carbocycles. The number of ether oxygens (including phenoxy) is 1. The van der Waals surface area contributed by atoms with Crippen LogP contribution in [0, 0.1) is 0 Å². The predicted molar refractivity (Wildman–Crippen MR) is 76.4 cm³/mol. The van der Waals surface area contributed by atoms with Crippen molar-refractivity contribution in [2.75, 3.05) is 6.54 Å². The van der Waals surface area contributed by atoms with E-state index in [0.29, 0.717) is 6.54 Å². The van der Waals surface area contributed by atoms with E-state index >= 15 is 0 Å². The number of carbonyl (C=O) groups excluding carboxylic acids is 1. The number of benzene rings is 1. The molecule has 1 heterocycles. The molecule has 0 spiro atoms. The fraction of sp³-hybridized carbons (Fsp3) is 0.533.